The van der Waals surface area contributed by atoms with Gasteiger partial charge in [-0.15, -0.1) is 0 Å². The van der Waals surface area contributed by atoms with Crippen LogP contribution < -0.4 is 11.1 Å². The van der Waals surface area contributed by atoms with E-state index in [2.05, 4.69) is 5.32 Å². The highest BCUT2D eigenvalue weighted by Gasteiger charge is 2.13. The Bertz CT molecular complexity index is 661. The number of hydrogen-bond donors (Lipinski definition) is 2. The molecule has 20 heavy (non-hydrogen) atoms. The van der Waals surface area contributed by atoms with Gasteiger partial charge in [-0.1, -0.05) is 24.4 Å². The third-order valence-corrected chi connectivity index (χ3v) is 3.43. The number of hydrogen-bond acceptors (Lipinski definition) is 2. The van der Waals surface area contributed by atoms with Crippen LogP contribution in [0.1, 0.15) is 16.7 Å². The number of anilines is 2. The van der Waals surface area contributed by atoms with Crippen LogP contribution in [0.25, 0.3) is 0 Å². The van der Waals surface area contributed by atoms with Gasteiger partial charge in [0.05, 0.1) is 0 Å². The molecule has 2 nitrogen and oxygen atoms in total. The van der Waals surface area contributed by atoms with E-state index in [0.717, 1.165) is 23.3 Å². The molecule has 0 saturated carbocycles. The molecule has 0 unspecified atom stereocenters. The lowest BCUT2D eigenvalue weighted by atomic mass is 10.1. The Morgan fingerprint density at radius 1 is 1.15 bits per heavy atom. The summed E-state index contributed by atoms with van der Waals surface area (Å²) in [6, 6.07) is 7.77. The largest absolute Gasteiger partial charge is 0.389 e. The Morgan fingerprint density at radius 3 is 2.30 bits per heavy atom. The molecule has 0 bridgehead atoms. The van der Waals surface area contributed by atoms with Gasteiger partial charge in [0, 0.05) is 11.3 Å². The molecule has 3 N–H and O–H groups in total. The fraction of sp³-hybridized carbons (Fsp3) is 0.133. The van der Waals surface area contributed by atoms with Crippen molar-refractivity contribution in [1.29, 1.82) is 0 Å². The summed E-state index contributed by atoms with van der Waals surface area (Å²) in [7, 11) is 0. The van der Waals surface area contributed by atoms with Crippen LogP contribution in [0.2, 0.25) is 0 Å². The molecule has 0 aliphatic heterocycles. The molecule has 0 spiro atoms. The van der Waals surface area contributed by atoms with Crippen molar-refractivity contribution in [3.63, 3.8) is 0 Å². The van der Waals surface area contributed by atoms with E-state index in [9.17, 15) is 8.78 Å². The standard InChI is InChI=1S/C15H14F2N2S/c1-8-4-3-5-13(9(8)2)19-14-11(16)6-10(15(18)20)7-12(14)17/h3-7,19H,1-2H3,(H2,18,20). The van der Waals surface area contributed by atoms with Crippen LogP contribution in [-0.4, -0.2) is 4.99 Å². The van der Waals surface area contributed by atoms with Gasteiger partial charge >= 0.3 is 0 Å². The Morgan fingerprint density at radius 2 is 1.75 bits per heavy atom. The monoisotopic (exact) mass is 292 g/mol. The molecule has 0 fully saturated rings. The minimum atomic E-state index is -0.728. The zero-order valence-corrected chi connectivity index (χ0v) is 11.9. The van der Waals surface area contributed by atoms with Crippen LogP contribution in [0.15, 0.2) is 30.3 Å². The van der Waals surface area contributed by atoms with Crippen molar-refractivity contribution in [2.45, 2.75) is 13.8 Å². The van der Waals surface area contributed by atoms with E-state index >= 15 is 0 Å². The van der Waals surface area contributed by atoms with Gasteiger partial charge in [0.25, 0.3) is 0 Å². The Kier molecular flexibility index (Phi) is 3.99. The average Bonchev–Trinajstić information content (AvgIpc) is 2.38. The molecule has 5 heteroatoms. The second-order valence-corrected chi connectivity index (χ2v) is 4.99. The second-order valence-electron chi connectivity index (χ2n) is 4.55. The third-order valence-electron chi connectivity index (χ3n) is 3.19. The van der Waals surface area contributed by atoms with Crippen LogP contribution in [0.3, 0.4) is 0 Å². The topological polar surface area (TPSA) is 38.0 Å². The van der Waals surface area contributed by atoms with Crippen LogP contribution in [0.4, 0.5) is 20.2 Å². The minimum Gasteiger partial charge on any atom is -0.389 e. The van der Waals surface area contributed by atoms with E-state index in [1.165, 1.54) is 0 Å². The molecule has 0 aliphatic rings. The zero-order valence-electron chi connectivity index (χ0n) is 11.1. The number of aryl methyl sites for hydroxylation is 1. The van der Waals surface area contributed by atoms with Crippen LogP contribution in [-0.2, 0) is 0 Å². The summed E-state index contributed by atoms with van der Waals surface area (Å²) in [5.41, 5.74) is 7.97. The molecule has 2 rings (SSSR count). The van der Waals surface area contributed by atoms with Crippen molar-refractivity contribution in [2.24, 2.45) is 5.73 Å². The molecule has 0 aromatic heterocycles. The molecule has 2 aromatic rings. The highest BCUT2D eigenvalue weighted by molar-refractivity contribution is 7.80. The summed E-state index contributed by atoms with van der Waals surface area (Å²) >= 11 is 4.72. The molecule has 0 aliphatic carbocycles. The first-order valence-electron chi connectivity index (χ1n) is 6.02. The Labute approximate surface area is 121 Å². The van der Waals surface area contributed by atoms with Crippen LogP contribution >= 0.6 is 12.2 Å². The van der Waals surface area contributed by atoms with Gasteiger partial charge in [-0.2, -0.15) is 0 Å². The predicted octanol–water partition coefficient (Wildman–Crippen LogP) is 3.96. The van der Waals surface area contributed by atoms with E-state index in [-0.39, 0.29) is 16.2 Å². The highest BCUT2D eigenvalue weighted by atomic mass is 32.1. The molecule has 2 aromatic carbocycles. The number of nitrogens with two attached hydrogens (primary N) is 1. The fourth-order valence-electron chi connectivity index (χ4n) is 1.86. The first kappa shape index (κ1) is 14.4. The van der Waals surface area contributed by atoms with E-state index in [1.807, 2.05) is 26.0 Å². The number of benzene rings is 2. The number of halogens is 2. The van der Waals surface area contributed by atoms with Gasteiger partial charge in [-0.3, -0.25) is 0 Å². The SMILES string of the molecule is Cc1cccc(Nc2c(F)cc(C(N)=S)cc2F)c1C. The maximum absolute atomic E-state index is 14.0. The lowest BCUT2D eigenvalue weighted by Gasteiger charge is -2.13. The van der Waals surface area contributed by atoms with Gasteiger partial charge in [-0.05, 0) is 43.2 Å². The van der Waals surface area contributed by atoms with Gasteiger partial charge in [0.1, 0.15) is 22.3 Å². The summed E-state index contributed by atoms with van der Waals surface area (Å²) in [6.07, 6.45) is 0. The molecule has 0 radical (unpaired) electrons. The second kappa shape index (κ2) is 5.54. The number of thiocarbonyl (C=S) groups is 1. The highest BCUT2D eigenvalue weighted by Crippen LogP contribution is 2.27. The predicted molar refractivity (Wildman–Crippen MR) is 81.4 cm³/mol. The molecular formula is C15H14F2N2S. The van der Waals surface area contributed by atoms with Gasteiger partial charge in [0.2, 0.25) is 0 Å². The lowest BCUT2D eigenvalue weighted by Crippen LogP contribution is -2.11. The molecule has 0 heterocycles. The first-order chi connectivity index (χ1) is 9.40. The molecule has 0 atom stereocenters. The fourth-order valence-corrected chi connectivity index (χ4v) is 1.97. The summed E-state index contributed by atoms with van der Waals surface area (Å²) in [5.74, 6) is -1.46. The van der Waals surface area contributed by atoms with E-state index in [1.54, 1.807) is 6.07 Å². The smallest absolute Gasteiger partial charge is 0.150 e. The van der Waals surface area contributed by atoms with E-state index < -0.39 is 11.6 Å². The summed E-state index contributed by atoms with van der Waals surface area (Å²) in [4.78, 5) is -0.0407. The van der Waals surface area contributed by atoms with Crippen molar-refractivity contribution >= 4 is 28.6 Å². The number of nitrogens with one attached hydrogen (secondary N) is 1. The third kappa shape index (κ3) is 2.77. The maximum Gasteiger partial charge on any atom is 0.150 e. The van der Waals surface area contributed by atoms with Crippen molar-refractivity contribution in [3.8, 4) is 0 Å². The molecule has 0 amide bonds. The van der Waals surface area contributed by atoms with Gasteiger partial charge in [-0.25, -0.2) is 8.78 Å². The summed E-state index contributed by atoms with van der Waals surface area (Å²) in [6.45, 7) is 3.82. The normalized spacial score (nSPS) is 10.4. The Balaban J connectivity index is 2.44. The van der Waals surface area contributed by atoms with Crippen molar-refractivity contribution < 1.29 is 8.78 Å². The van der Waals surface area contributed by atoms with Gasteiger partial charge in [0.15, 0.2) is 0 Å². The van der Waals surface area contributed by atoms with Gasteiger partial charge < -0.3 is 11.1 Å². The van der Waals surface area contributed by atoms with E-state index in [4.69, 9.17) is 18.0 Å². The lowest BCUT2D eigenvalue weighted by molar-refractivity contribution is 0.590. The average molecular weight is 292 g/mol. The minimum absolute atomic E-state index is 0.0407. The quantitative estimate of drug-likeness (QED) is 0.841. The molecular weight excluding hydrogens is 278 g/mol. The van der Waals surface area contributed by atoms with Crippen molar-refractivity contribution in [3.05, 3.63) is 58.7 Å². The van der Waals surface area contributed by atoms with Crippen molar-refractivity contribution in [2.75, 3.05) is 5.32 Å². The zero-order chi connectivity index (χ0) is 14.9. The summed E-state index contributed by atoms with van der Waals surface area (Å²) in [5, 5.41) is 2.78. The summed E-state index contributed by atoms with van der Waals surface area (Å²) < 4.78 is 27.9. The van der Waals surface area contributed by atoms with Crippen molar-refractivity contribution in [1.82, 2.24) is 0 Å². The van der Waals surface area contributed by atoms with Crippen LogP contribution in [0, 0.1) is 25.5 Å². The molecule has 0 saturated heterocycles. The maximum atomic E-state index is 14.0. The Hall–Kier alpha value is -2.01. The van der Waals surface area contributed by atoms with E-state index in [0.29, 0.717) is 5.69 Å². The van der Waals surface area contributed by atoms with Crippen LogP contribution in [0.5, 0.6) is 0 Å². The number of rotatable bonds is 3. The molecule has 104 valence electrons. The first-order valence-corrected chi connectivity index (χ1v) is 6.43.